The maximum Gasteiger partial charge on any atom is 0.246 e. The Hall–Kier alpha value is -2.62. The Morgan fingerprint density at radius 1 is 1.41 bits per heavy atom. The van der Waals surface area contributed by atoms with E-state index in [9.17, 15) is 4.79 Å². The molecular formula is C17H26N8OS. The number of aromatic nitrogens is 3. The number of nitrogens with one attached hydrogen (secondary N) is 1. The normalized spacial score (nSPS) is 15.4. The highest BCUT2D eigenvalue weighted by Crippen LogP contribution is 2.19. The van der Waals surface area contributed by atoms with Crippen molar-refractivity contribution in [2.45, 2.75) is 13.5 Å². The maximum absolute atomic E-state index is 12.6. The summed E-state index contributed by atoms with van der Waals surface area (Å²) >= 11 is 1.60. The molecule has 0 radical (unpaired) electrons. The lowest BCUT2D eigenvalue weighted by Crippen LogP contribution is -2.55. The fraction of sp³-hybridized carbons (Fsp3) is 0.529. The van der Waals surface area contributed by atoms with Crippen LogP contribution in [0.25, 0.3) is 0 Å². The Morgan fingerprint density at radius 3 is 2.81 bits per heavy atom. The third kappa shape index (κ3) is 4.57. The molecule has 3 rings (SSSR count). The highest BCUT2D eigenvalue weighted by molar-refractivity contribution is 7.13. The molecule has 2 aromatic rings. The van der Waals surface area contributed by atoms with Crippen molar-refractivity contribution in [1.82, 2.24) is 25.0 Å². The summed E-state index contributed by atoms with van der Waals surface area (Å²) < 4.78 is 1.70. The molecule has 2 aromatic heterocycles. The number of hydrogen-bond donors (Lipinski definition) is 1. The van der Waals surface area contributed by atoms with Crippen LogP contribution in [0.4, 0.5) is 10.8 Å². The summed E-state index contributed by atoms with van der Waals surface area (Å²) in [5.41, 5.74) is 1.77. The fourth-order valence-corrected chi connectivity index (χ4v) is 3.58. The maximum atomic E-state index is 12.6. The second kappa shape index (κ2) is 8.38. The first-order chi connectivity index (χ1) is 13.0. The first kappa shape index (κ1) is 19.2. The highest BCUT2D eigenvalue weighted by Gasteiger charge is 2.27. The number of hydrogen-bond acceptors (Lipinski definition) is 6. The molecule has 1 fully saturated rings. The SMILES string of the molecule is CCNC(=NCc1csc(N(C)C)n1)N1CCN(c2cnn(C)c2)C(=O)C1. The van der Waals surface area contributed by atoms with E-state index in [1.165, 1.54) is 0 Å². The number of amides is 1. The van der Waals surface area contributed by atoms with Gasteiger partial charge in [0, 0.05) is 52.4 Å². The number of nitrogens with zero attached hydrogens (tertiary/aromatic N) is 7. The second-order valence-corrected chi connectivity index (χ2v) is 7.36. The van der Waals surface area contributed by atoms with Gasteiger partial charge in [0.05, 0.1) is 24.1 Å². The van der Waals surface area contributed by atoms with Crippen molar-refractivity contribution < 1.29 is 4.79 Å². The molecule has 0 atom stereocenters. The summed E-state index contributed by atoms with van der Waals surface area (Å²) in [5, 5.41) is 10.4. The Kier molecular flexibility index (Phi) is 5.94. The van der Waals surface area contributed by atoms with Crippen LogP contribution in [0.5, 0.6) is 0 Å². The lowest BCUT2D eigenvalue weighted by Gasteiger charge is -2.35. The lowest BCUT2D eigenvalue weighted by atomic mass is 10.3. The topological polar surface area (TPSA) is 81.9 Å². The average Bonchev–Trinajstić information content (AvgIpc) is 3.27. The summed E-state index contributed by atoms with van der Waals surface area (Å²) in [4.78, 5) is 27.6. The summed E-state index contributed by atoms with van der Waals surface area (Å²) in [6, 6.07) is 0. The molecule has 0 unspecified atom stereocenters. The molecule has 1 aliphatic rings. The zero-order valence-corrected chi connectivity index (χ0v) is 17.0. The van der Waals surface area contributed by atoms with Crippen LogP contribution in [0, 0.1) is 0 Å². The van der Waals surface area contributed by atoms with E-state index in [1.54, 1.807) is 27.1 Å². The number of anilines is 2. The van der Waals surface area contributed by atoms with Crippen LogP contribution < -0.4 is 15.1 Å². The van der Waals surface area contributed by atoms with Gasteiger partial charge < -0.3 is 20.0 Å². The number of aryl methyl sites for hydroxylation is 1. The number of thiazole rings is 1. The van der Waals surface area contributed by atoms with Gasteiger partial charge in [0.2, 0.25) is 5.91 Å². The molecule has 1 N–H and O–H groups in total. The summed E-state index contributed by atoms with van der Waals surface area (Å²) in [5.74, 6) is 0.791. The Bertz CT molecular complexity index is 811. The third-order valence-electron chi connectivity index (χ3n) is 4.17. The van der Waals surface area contributed by atoms with Crippen molar-refractivity contribution in [3.05, 3.63) is 23.5 Å². The number of rotatable bonds is 5. The zero-order chi connectivity index (χ0) is 19.4. The van der Waals surface area contributed by atoms with Gasteiger partial charge in [-0.25, -0.2) is 9.98 Å². The number of guanidine groups is 1. The van der Waals surface area contributed by atoms with E-state index < -0.39 is 0 Å². The van der Waals surface area contributed by atoms with Crippen molar-refractivity contribution in [1.29, 1.82) is 0 Å². The molecular weight excluding hydrogens is 364 g/mol. The van der Waals surface area contributed by atoms with Gasteiger partial charge in [0.1, 0.15) is 6.54 Å². The molecule has 9 nitrogen and oxygen atoms in total. The predicted molar refractivity (Wildman–Crippen MR) is 108 cm³/mol. The van der Waals surface area contributed by atoms with E-state index in [1.807, 2.05) is 49.4 Å². The molecule has 146 valence electrons. The van der Waals surface area contributed by atoms with Gasteiger partial charge in [-0.05, 0) is 6.92 Å². The van der Waals surface area contributed by atoms with Crippen LogP contribution in [0.15, 0.2) is 22.8 Å². The quantitative estimate of drug-likeness (QED) is 0.600. The Morgan fingerprint density at radius 2 is 2.22 bits per heavy atom. The summed E-state index contributed by atoms with van der Waals surface area (Å²) in [6.07, 6.45) is 3.58. The molecule has 10 heteroatoms. The van der Waals surface area contributed by atoms with Crippen molar-refractivity contribution in [3.63, 3.8) is 0 Å². The minimum Gasteiger partial charge on any atom is -0.356 e. The van der Waals surface area contributed by atoms with Gasteiger partial charge in [0.25, 0.3) is 0 Å². The van der Waals surface area contributed by atoms with Gasteiger partial charge >= 0.3 is 0 Å². The molecule has 0 bridgehead atoms. The Balaban J connectivity index is 1.67. The Labute approximate surface area is 163 Å². The standard InChI is InChI=1S/C17H26N8OS/c1-5-18-16(19-8-13-12-27-17(21-13)22(2)3)24-6-7-25(15(26)11-24)14-9-20-23(4)10-14/h9-10,12H,5-8,11H2,1-4H3,(H,18,19). The van der Waals surface area contributed by atoms with Crippen molar-refractivity contribution in [2.75, 3.05) is 50.1 Å². The number of carbonyl (C=O) groups is 1. The van der Waals surface area contributed by atoms with Crippen molar-refractivity contribution in [2.24, 2.45) is 12.0 Å². The van der Waals surface area contributed by atoms with Gasteiger partial charge in [-0.3, -0.25) is 9.48 Å². The van der Waals surface area contributed by atoms with E-state index >= 15 is 0 Å². The minimum atomic E-state index is 0.0448. The van der Waals surface area contributed by atoms with Crippen LogP contribution in [-0.4, -0.2) is 71.8 Å². The minimum absolute atomic E-state index is 0.0448. The molecule has 1 saturated heterocycles. The van der Waals surface area contributed by atoms with Gasteiger partial charge in [-0.15, -0.1) is 11.3 Å². The van der Waals surface area contributed by atoms with E-state index in [2.05, 4.69) is 20.4 Å². The van der Waals surface area contributed by atoms with Gasteiger partial charge in [-0.1, -0.05) is 0 Å². The molecule has 27 heavy (non-hydrogen) atoms. The fourth-order valence-electron chi connectivity index (χ4n) is 2.83. The predicted octanol–water partition coefficient (Wildman–Crippen LogP) is 0.757. The monoisotopic (exact) mass is 390 g/mol. The van der Waals surface area contributed by atoms with Crippen LogP contribution in [0.1, 0.15) is 12.6 Å². The van der Waals surface area contributed by atoms with Gasteiger partial charge in [-0.2, -0.15) is 5.10 Å². The second-order valence-electron chi connectivity index (χ2n) is 6.53. The number of piperazine rings is 1. The molecule has 0 aromatic carbocycles. The van der Waals surface area contributed by atoms with Crippen LogP contribution in [0.2, 0.25) is 0 Å². The molecule has 3 heterocycles. The van der Waals surface area contributed by atoms with Crippen LogP contribution >= 0.6 is 11.3 Å². The summed E-state index contributed by atoms with van der Waals surface area (Å²) in [7, 11) is 5.80. The van der Waals surface area contributed by atoms with E-state index in [0.29, 0.717) is 26.2 Å². The van der Waals surface area contributed by atoms with Crippen LogP contribution in [0.3, 0.4) is 0 Å². The van der Waals surface area contributed by atoms with E-state index in [4.69, 9.17) is 0 Å². The third-order valence-corrected chi connectivity index (χ3v) is 5.23. The zero-order valence-electron chi connectivity index (χ0n) is 16.2. The van der Waals surface area contributed by atoms with E-state index in [0.717, 1.165) is 29.0 Å². The first-order valence-corrected chi connectivity index (χ1v) is 9.80. The highest BCUT2D eigenvalue weighted by atomic mass is 32.1. The average molecular weight is 391 g/mol. The number of carbonyl (C=O) groups excluding carboxylic acids is 1. The van der Waals surface area contributed by atoms with Crippen molar-refractivity contribution >= 4 is 34.0 Å². The molecule has 0 saturated carbocycles. The van der Waals surface area contributed by atoms with Crippen LogP contribution in [-0.2, 0) is 18.4 Å². The van der Waals surface area contributed by atoms with Crippen molar-refractivity contribution in [3.8, 4) is 0 Å². The van der Waals surface area contributed by atoms with Gasteiger partial charge in [0.15, 0.2) is 11.1 Å². The molecule has 0 spiro atoms. The first-order valence-electron chi connectivity index (χ1n) is 8.92. The van der Waals surface area contributed by atoms with E-state index in [-0.39, 0.29) is 5.91 Å². The molecule has 0 aliphatic carbocycles. The molecule has 1 aliphatic heterocycles. The smallest absolute Gasteiger partial charge is 0.246 e. The molecule has 1 amide bonds. The summed E-state index contributed by atoms with van der Waals surface area (Å²) in [6.45, 7) is 4.87. The lowest BCUT2D eigenvalue weighted by molar-refractivity contribution is -0.120. The number of aliphatic imine (C=N–C) groups is 1. The largest absolute Gasteiger partial charge is 0.356 e.